The molecule has 4 aromatic rings. The molecule has 4 rings (SSSR count). The van der Waals surface area contributed by atoms with Gasteiger partial charge in [-0.25, -0.2) is 4.79 Å². The summed E-state index contributed by atoms with van der Waals surface area (Å²) in [6.07, 6.45) is 2.43. The number of esters is 1. The zero-order valence-corrected chi connectivity index (χ0v) is 23.1. The molecule has 1 aromatic heterocycles. The lowest BCUT2D eigenvalue weighted by atomic mass is 10.0. The first-order valence-corrected chi connectivity index (χ1v) is 13.4. The molecule has 0 spiro atoms. The molecule has 212 valence electrons. The zero-order chi connectivity index (χ0) is 29.2. The van der Waals surface area contributed by atoms with E-state index in [1.807, 2.05) is 91.1 Å². The molecular weight excluding hydrogens is 520 g/mol. The molecular formula is C32H34N4O5. The predicted octanol–water partition coefficient (Wildman–Crippen LogP) is 2.84. The van der Waals surface area contributed by atoms with Crippen LogP contribution in [0.1, 0.15) is 23.6 Å². The summed E-state index contributed by atoms with van der Waals surface area (Å²) in [6, 6.07) is 23.3. The average molecular weight is 555 g/mol. The van der Waals surface area contributed by atoms with Crippen molar-refractivity contribution < 1.29 is 23.9 Å². The molecule has 0 unspecified atom stereocenters. The summed E-state index contributed by atoms with van der Waals surface area (Å²) >= 11 is 0. The van der Waals surface area contributed by atoms with Crippen LogP contribution >= 0.6 is 0 Å². The minimum Gasteiger partial charge on any atom is -0.467 e. The molecule has 41 heavy (non-hydrogen) atoms. The normalized spacial score (nSPS) is 13.0. The fourth-order valence-corrected chi connectivity index (χ4v) is 4.76. The number of benzene rings is 3. The van der Waals surface area contributed by atoms with Crippen molar-refractivity contribution >= 4 is 34.6 Å². The Morgan fingerprint density at radius 3 is 1.78 bits per heavy atom. The number of carbonyl (C=O) groups excluding carboxylic acids is 4. The number of rotatable bonds is 12. The number of hydrogen-bond donors (Lipinski definition) is 4. The Bertz CT molecular complexity index is 1490. The molecule has 3 amide bonds. The Morgan fingerprint density at radius 1 is 0.683 bits per heavy atom. The van der Waals surface area contributed by atoms with Gasteiger partial charge in [0.05, 0.1) is 7.11 Å². The molecule has 0 saturated heterocycles. The molecule has 0 fully saturated rings. The SMILES string of the molecule is COC(=O)[C@H](Cc1ccccc1)NC(=O)[C@H](Cc1ccccc1)NC(=O)[C@H](Cc1c[nH]c2ccccc12)NC(C)=O. The first-order chi connectivity index (χ1) is 19.8. The van der Waals surface area contributed by atoms with Gasteiger partial charge < -0.3 is 25.7 Å². The van der Waals surface area contributed by atoms with E-state index in [0.29, 0.717) is 0 Å². The van der Waals surface area contributed by atoms with E-state index in [1.165, 1.54) is 14.0 Å². The highest BCUT2D eigenvalue weighted by molar-refractivity contribution is 5.94. The average Bonchev–Trinajstić information content (AvgIpc) is 3.39. The van der Waals surface area contributed by atoms with Crippen LogP contribution in [0.25, 0.3) is 10.9 Å². The lowest BCUT2D eigenvalue weighted by molar-refractivity contribution is -0.145. The van der Waals surface area contributed by atoms with Crippen molar-refractivity contribution in [2.45, 2.75) is 44.3 Å². The molecule has 9 nitrogen and oxygen atoms in total. The van der Waals surface area contributed by atoms with E-state index in [1.54, 1.807) is 0 Å². The minimum absolute atomic E-state index is 0.178. The smallest absolute Gasteiger partial charge is 0.328 e. The number of carbonyl (C=O) groups is 4. The van der Waals surface area contributed by atoms with Gasteiger partial charge >= 0.3 is 5.97 Å². The maximum Gasteiger partial charge on any atom is 0.328 e. The third kappa shape index (κ3) is 8.04. The number of hydrogen-bond acceptors (Lipinski definition) is 5. The molecule has 9 heteroatoms. The minimum atomic E-state index is -1.02. The second kappa shape index (κ2) is 13.9. The van der Waals surface area contributed by atoms with Crippen LogP contribution in [-0.4, -0.2) is 53.9 Å². The third-order valence-electron chi connectivity index (χ3n) is 6.79. The number of methoxy groups -OCH3 is 1. The fraction of sp³-hybridized carbons (Fsp3) is 0.250. The van der Waals surface area contributed by atoms with Crippen molar-refractivity contribution in [3.05, 3.63) is 108 Å². The molecule has 0 saturated carbocycles. The summed E-state index contributed by atoms with van der Waals surface area (Å²) in [5, 5.41) is 9.26. The van der Waals surface area contributed by atoms with E-state index < -0.39 is 35.9 Å². The van der Waals surface area contributed by atoms with Gasteiger partial charge in [-0.2, -0.15) is 0 Å². The fourth-order valence-electron chi connectivity index (χ4n) is 4.76. The van der Waals surface area contributed by atoms with Crippen molar-refractivity contribution in [1.29, 1.82) is 0 Å². The highest BCUT2D eigenvalue weighted by Gasteiger charge is 2.30. The van der Waals surface area contributed by atoms with Crippen LogP contribution < -0.4 is 16.0 Å². The van der Waals surface area contributed by atoms with Gasteiger partial charge in [0.25, 0.3) is 0 Å². The maximum absolute atomic E-state index is 13.6. The van der Waals surface area contributed by atoms with E-state index in [4.69, 9.17) is 4.74 Å². The molecule has 3 atom stereocenters. The first-order valence-electron chi connectivity index (χ1n) is 13.4. The number of para-hydroxylation sites is 1. The number of amides is 3. The molecule has 1 heterocycles. The summed E-state index contributed by atoms with van der Waals surface area (Å²) in [5.74, 6) is -2.02. The Labute approximate surface area is 238 Å². The summed E-state index contributed by atoms with van der Waals surface area (Å²) in [7, 11) is 1.26. The van der Waals surface area contributed by atoms with Crippen LogP contribution in [0.15, 0.2) is 91.1 Å². The Balaban J connectivity index is 1.56. The number of H-pyrrole nitrogens is 1. The van der Waals surface area contributed by atoms with E-state index in [-0.39, 0.29) is 25.2 Å². The van der Waals surface area contributed by atoms with Crippen molar-refractivity contribution in [2.75, 3.05) is 7.11 Å². The van der Waals surface area contributed by atoms with Crippen LogP contribution in [-0.2, 0) is 43.2 Å². The monoisotopic (exact) mass is 554 g/mol. The molecule has 4 N–H and O–H groups in total. The Kier molecular flexibility index (Phi) is 9.88. The standard InChI is InChI=1S/C32H34N4O5/c1-21(37)34-28(19-24-20-33-26-16-10-9-15-25(24)26)31(39)35-27(17-22-11-5-3-6-12-22)30(38)36-29(32(40)41-2)18-23-13-7-4-8-14-23/h3-16,20,27-29,33H,17-19H2,1-2H3,(H,34,37)(H,35,39)(H,36,38)/t27-,28-,29-/m0/s1. The van der Waals surface area contributed by atoms with Gasteiger partial charge in [0.1, 0.15) is 18.1 Å². The molecule has 0 radical (unpaired) electrons. The van der Waals surface area contributed by atoms with Crippen LogP contribution in [0.4, 0.5) is 0 Å². The highest BCUT2D eigenvalue weighted by atomic mass is 16.5. The Morgan fingerprint density at radius 2 is 1.20 bits per heavy atom. The largest absolute Gasteiger partial charge is 0.467 e. The summed E-state index contributed by atoms with van der Waals surface area (Å²) in [6.45, 7) is 1.34. The van der Waals surface area contributed by atoms with Gasteiger partial charge in [-0.15, -0.1) is 0 Å². The topological polar surface area (TPSA) is 129 Å². The zero-order valence-electron chi connectivity index (χ0n) is 23.1. The van der Waals surface area contributed by atoms with Gasteiger partial charge in [0.15, 0.2) is 0 Å². The van der Waals surface area contributed by atoms with Gasteiger partial charge in [-0.1, -0.05) is 78.9 Å². The Hall–Kier alpha value is -4.92. The molecule has 0 bridgehead atoms. The van der Waals surface area contributed by atoms with Gasteiger partial charge in [0.2, 0.25) is 17.7 Å². The van der Waals surface area contributed by atoms with E-state index in [2.05, 4.69) is 20.9 Å². The number of aromatic nitrogens is 1. The van der Waals surface area contributed by atoms with Crippen LogP contribution in [0.3, 0.4) is 0 Å². The van der Waals surface area contributed by atoms with Crippen molar-refractivity contribution in [2.24, 2.45) is 0 Å². The number of nitrogens with one attached hydrogen (secondary N) is 4. The summed E-state index contributed by atoms with van der Waals surface area (Å²) in [5.41, 5.74) is 3.43. The van der Waals surface area contributed by atoms with Crippen LogP contribution in [0.5, 0.6) is 0 Å². The molecule has 0 aliphatic rings. The van der Waals surface area contributed by atoms with Crippen molar-refractivity contribution in [3.63, 3.8) is 0 Å². The second-order valence-corrected chi connectivity index (χ2v) is 9.84. The summed E-state index contributed by atoms with van der Waals surface area (Å²) < 4.78 is 4.95. The van der Waals surface area contributed by atoms with E-state index in [9.17, 15) is 19.2 Å². The lowest BCUT2D eigenvalue weighted by Crippen LogP contribution is -2.57. The van der Waals surface area contributed by atoms with Crippen LogP contribution in [0, 0.1) is 0 Å². The third-order valence-corrected chi connectivity index (χ3v) is 6.79. The summed E-state index contributed by atoms with van der Waals surface area (Å²) in [4.78, 5) is 55.1. The van der Waals surface area contributed by atoms with Crippen LogP contribution in [0.2, 0.25) is 0 Å². The molecule has 0 aliphatic carbocycles. The number of fused-ring (bicyclic) bond motifs is 1. The van der Waals surface area contributed by atoms with E-state index >= 15 is 0 Å². The predicted molar refractivity (Wildman–Crippen MR) is 156 cm³/mol. The number of ether oxygens (including phenoxy) is 1. The number of aromatic amines is 1. The van der Waals surface area contributed by atoms with E-state index in [0.717, 1.165) is 27.6 Å². The van der Waals surface area contributed by atoms with Gasteiger partial charge in [-0.05, 0) is 22.8 Å². The quantitative estimate of drug-likeness (QED) is 0.200. The second-order valence-electron chi connectivity index (χ2n) is 9.84. The maximum atomic E-state index is 13.6. The van der Waals surface area contributed by atoms with Gasteiger partial charge in [-0.3, -0.25) is 14.4 Å². The van der Waals surface area contributed by atoms with Gasteiger partial charge in [0, 0.05) is 43.3 Å². The lowest BCUT2D eigenvalue weighted by Gasteiger charge is -2.25. The molecule has 0 aliphatic heterocycles. The first kappa shape index (κ1) is 29.1. The van der Waals surface area contributed by atoms with Crippen molar-refractivity contribution in [1.82, 2.24) is 20.9 Å². The van der Waals surface area contributed by atoms with Crippen molar-refractivity contribution in [3.8, 4) is 0 Å². The highest BCUT2D eigenvalue weighted by Crippen LogP contribution is 2.19. The molecule has 3 aromatic carbocycles.